The summed E-state index contributed by atoms with van der Waals surface area (Å²) < 4.78 is 5.76. The van der Waals surface area contributed by atoms with Crippen LogP contribution in [0.25, 0.3) is 5.76 Å². The number of amides is 1. The zero-order chi connectivity index (χ0) is 23.2. The first kappa shape index (κ1) is 21.0. The second kappa shape index (κ2) is 7.81. The van der Waals surface area contributed by atoms with Crippen LogP contribution in [0.3, 0.4) is 0 Å². The minimum Gasteiger partial charge on any atom is -0.507 e. The van der Waals surface area contributed by atoms with E-state index in [2.05, 4.69) is 0 Å². The lowest BCUT2D eigenvalue weighted by Crippen LogP contribution is -2.30. The minimum atomic E-state index is -1.02. The molecule has 3 aromatic rings. The van der Waals surface area contributed by atoms with Crippen molar-refractivity contribution in [2.45, 2.75) is 26.8 Å². The zero-order valence-electron chi connectivity index (χ0n) is 17.7. The summed E-state index contributed by atoms with van der Waals surface area (Å²) in [5, 5.41) is 22.2. The molecule has 0 spiro atoms. The van der Waals surface area contributed by atoms with Gasteiger partial charge in [0.1, 0.15) is 23.3 Å². The molecular weight excluding hydrogens is 412 g/mol. The summed E-state index contributed by atoms with van der Waals surface area (Å²) in [6, 6.07) is 13.1. The fourth-order valence-corrected chi connectivity index (χ4v) is 3.85. The van der Waals surface area contributed by atoms with Gasteiger partial charge in [0.05, 0.1) is 10.5 Å². The Morgan fingerprint density at radius 3 is 2.47 bits per heavy atom. The van der Waals surface area contributed by atoms with Crippen molar-refractivity contribution in [2.24, 2.45) is 0 Å². The van der Waals surface area contributed by atoms with Gasteiger partial charge in [-0.05, 0) is 50.1 Å². The van der Waals surface area contributed by atoms with E-state index in [0.29, 0.717) is 17.2 Å². The number of non-ortho nitro benzene ring substituents is 1. The summed E-state index contributed by atoms with van der Waals surface area (Å²) in [5.74, 6) is -1.34. The van der Waals surface area contributed by atoms with Gasteiger partial charge < -0.3 is 9.52 Å². The molecule has 1 fully saturated rings. The van der Waals surface area contributed by atoms with E-state index in [-0.39, 0.29) is 16.8 Å². The van der Waals surface area contributed by atoms with Crippen molar-refractivity contribution >= 4 is 28.8 Å². The predicted octanol–water partition coefficient (Wildman–Crippen LogP) is 4.74. The van der Waals surface area contributed by atoms with Crippen LogP contribution >= 0.6 is 0 Å². The van der Waals surface area contributed by atoms with Crippen LogP contribution in [-0.2, 0) is 9.59 Å². The number of carbonyl (C=O) groups is 2. The number of anilines is 1. The quantitative estimate of drug-likeness (QED) is 0.209. The number of Topliss-reactive ketones (excluding diaryl/α,β-unsaturated/α-hetero) is 1. The average molecular weight is 432 g/mol. The molecule has 2 aromatic carbocycles. The SMILES string of the molecule is Cc1ccc(C)c(N2C(=O)C(=O)/C(=C(\O)c3cccc([N+](=O)[O-])c3)C2c2ccc(C)o2)c1. The molecule has 1 amide bonds. The van der Waals surface area contributed by atoms with Gasteiger partial charge in [-0.3, -0.25) is 24.6 Å². The Balaban J connectivity index is 1.97. The number of hydrogen-bond acceptors (Lipinski definition) is 6. The standard InChI is InChI=1S/C24H20N2O6/c1-13-7-8-14(2)18(11-13)25-21(19-10-9-15(3)32-19)20(23(28)24(25)29)22(27)16-5-4-6-17(12-16)26(30)31/h4-12,21,27H,1-3H3/b22-20-. The van der Waals surface area contributed by atoms with E-state index in [9.17, 15) is 24.8 Å². The average Bonchev–Trinajstić information content (AvgIpc) is 3.30. The molecule has 162 valence electrons. The maximum atomic E-state index is 13.2. The molecule has 8 nitrogen and oxygen atoms in total. The molecule has 1 aliphatic rings. The number of aryl methyl sites for hydroxylation is 3. The molecule has 1 unspecified atom stereocenters. The highest BCUT2D eigenvalue weighted by Crippen LogP contribution is 2.43. The topological polar surface area (TPSA) is 114 Å². The molecule has 0 aliphatic carbocycles. The van der Waals surface area contributed by atoms with E-state index >= 15 is 0 Å². The lowest BCUT2D eigenvalue weighted by molar-refractivity contribution is -0.384. The largest absolute Gasteiger partial charge is 0.507 e. The molecule has 4 rings (SSSR count). The van der Waals surface area contributed by atoms with Crippen LogP contribution in [0, 0.1) is 30.9 Å². The number of benzene rings is 2. The first-order valence-corrected chi connectivity index (χ1v) is 9.88. The molecule has 0 radical (unpaired) electrons. The monoisotopic (exact) mass is 432 g/mol. The summed E-state index contributed by atoms with van der Waals surface area (Å²) >= 11 is 0. The normalized spacial score (nSPS) is 17.7. The van der Waals surface area contributed by atoms with Crippen molar-refractivity contribution in [1.29, 1.82) is 0 Å². The number of hydrogen-bond donors (Lipinski definition) is 1. The highest BCUT2D eigenvalue weighted by molar-refractivity contribution is 6.51. The fourth-order valence-electron chi connectivity index (χ4n) is 3.85. The van der Waals surface area contributed by atoms with E-state index in [1.807, 2.05) is 26.0 Å². The first-order chi connectivity index (χ1) is 15.2. The number of rotatable bonds is 4. The third kappa shape index (κ3) is 3.45. The Kier molecular flexibility index (Phi) is 5.14. The highest BCUT2D eigenvalue weighted by Gasteiger charge is 2.48. The molecule has 0 bridgehead atoms. The van der Waals surface area contributed by atoms with Crippen molar-refractivity contribution in [3.63, 3.8) is 0 Å². The van der Waals surface area contributed by atoms with Crippen LogP contribution in [0.2, 0.25) is 0 Å². The summed E-state index contributed by atoms with van der Waals surface area (Å²) in [6.07, 6.45) is 0. The Morgan fingerprint density at radius 1 is 1.06 bits per heavy atom. The van der Waals surface area contributed by atoms with Gasteiger partial charge in [0.2, 0.25) is 0 Å². The summed E-state index contributed by atoms with van der Waals surface area (Å²) in [5.41, 5.74) is 1.80. The molecule has 1 N–H and O–H groups in total. The number of ketones is 1. The Hall–Kier alpha value is -4.20. The fraction of sp³-hybridized carbons (Fsp3) is 0.167. The second-order valence-corrected chi connectivity index (χ2v) is 7.71. The summed E-state index contributed by atoms with van der Waals surface area (Å²) in [4.78, 5) is 38.2. The van der Waals surface area contributed by atoms with Crippen molar-refractivity contribution < 1.29 is 24.0 Å². The molecule has 32 heavy (non-hydrogen) atoms. The van der Waals surface area contributed by atoms with Crippen LogP contribution in [0.4, 0.5) is 11.4 Å². The summed E-state index contributed by atoms with van der Waals surface area (Å²) in [7, 11) is 0. The zero-order valence-corrected chi connectivity index (χ0v) is 17.7. The Bertz CT molecular complexity index is 1300. The molecular formula is C24H20N2O6. The summed E-state index contributed by atoms with van der Waals surface area (Å²) in [6.45, 7) is 5.42. The van der Waals surface area contributed by atoms with E-state index in [0.717, 1.165) is 17.2 Å². The Morgan fingerprint density at radius 2 is 1.81 bits per heavy atom. The maximum Gasteiger partial charge on any atom is 0.300 e. The maximum absolute atomic E-state index is 13.2. The van der Waals surface area contributed by atoms with Gasteiger partial charge in [0, 0.05) is 23.4 Å². The van der Waals surface area contributed by atoms with Crippen LogP contribution in [-0.4, -0.2) is 21.7 Å². The number of furan rings is 1. The van der Waals surface area contributed by atoms with Gasteiger partial charge >= 0.3 is 0 Å². The molecule has 0 saturated carbocycles. The smallest absolute Gasteiger partial charge is 0.300 e. The third-order valence-electron chi connectivity index (χ3n) is 5.43. The van der Waals surface area contributed by atoms with Crippen LogP contribution < -0.4 is 4.90 Å². The van der Waals surface area contributed by atoms with Crippen molar-refractivity contribution in [3.8, 4) is 0 Å². The van der Waals surface area contributed by atoms with Crippen LogP contribution in [0.5, 0.6) is 0 Å². The van der Waals surface area contributed by atoms with Crippen LogP contribution in [0.15, 0.2) is 64.6 Å². The van der Waals surface area contributed by atoms with E-state index in [1.54, 1.807) is 25.1 Å². The second-order valence-electron chi connectivity index (χ2n) is 7.71. The third-order valence-corrected chi connectivity index (χ3v) is 5.43. The molecule has 8 heteroatoms. The molecule has 1 aromatic heterocycles. The lowest BCUT2D eigenvalue weighted by atomic mass is 9.98. The number of carbonyl (C=O) groups excluding carboxylic acids is 2. The molecule has 1 saturated heterocycles. The number of aliphatic hydroxyl groups is 1. The molecule has 1 atom stereocenters. The highest BCUT2D eigenvalue weighted by atomic mass is 16.6. The predicted molar refractivity (Wildman–Crippen MR) is 117 cm³/mol. The molecule has 2 heterocycles. The molecule has 1 aliphatic heterocycles. The van der Waals surface area contributed by atoms with Crippen molar-refractivity contribution in [2.75, 3.05) is 4.90 Å². The lowest BCUT2D eigenvalue weighted by Gasteiger charge is -2.25. The van der Waals surface area contributed by atoms with Gasteiger partial charge in [0.25, 0.3) is 17.4 Å². The van der Waals surface area contributed by atoms with E-state index in [4.69, 9.17) is 4.42 Å². The number of nitrogens with zero attached hydrogens (tertiary/aromatic N) is 2. The minimum absolute atomic E-state index is 0.0615. The van der Waals surface area contributed by atoms with Gasteiger partial charge in [-0.2, -0.15) is 0 Å². The number of nitro groups is 1. The van der Waals surface area contributed by atoms with Crippen molar-refractivity contribution in [3.05, 3.63) is 98.5 Å². The Labute approximate surface area is 183 Å². The van der Waals surface area contributed by atoms with E-state index in [1.165, 1.54) is 23.1 Å². The van der Waals surface area contributed by atoms with Crippen LogP contribution in [0.1, 0.15) is 34.3 Å². The van der Waals surface area contributed by atoms with Gasteiger partial charge in [0.15, 0.2) is 0 Å². The van der Waals surface area contributed by atoms with Gasteiger partial charge in [-0.25, -0.2) is 0 Å². The van der Waals surface area contributed by atoms with Gasteiger partial charge in [-0.15, -0.1) is 0 Å². The van der Waals surface area contributed by atoms with Crippen molar-refractivity contribution in [1.82, 2.24) is 0 Å². The van der Waals surface area contributed by atoms with Gasteiger partial charge in [-0.1, -0.05) is 24.3 Å². The first-order valence-electron chi connectivity index (χ1n) is 9.88. The number of nitro benzene ring substituents is 1. The van der Waals surface area contributed by atoms with E-state index < -0.39 is 28.4 Å². The number of aliphatic hydroxyl groups excluding tert-OH is 1.